The molecule has 110 valence electrons. The fourth-order valence-corrected chi connectivity index (χ4v) is 3.49. The Hall–Kier alpha value is -0.860. The van der Waals surface area contributed by atoms with Gasteiger partial charge in [0.15, 0.2) is 0 Å². The lowest BCUT2D eigenvalue weighted by molar-refractivity contribution is 0.134. The number of likely N-dealkylation sites (tertiary alicyclic amines) is 1. The van der Waals surface area contributed by atoms with Gasteiger partial charge in [-0.25, -0.2) is 0 Å². The highest BCUT2D eigenvalue weighted by Gasteiger charge is 2.22. The number of hydrogen-bond acceptors (Lipinski definition) is 2. The Bertz CT molecular complexity index is 412. The normalized spacial score (nSPS) is 27.7. The lowest BCUT2D eigenvalue weighted by atomic mass is 9.91. The molecule has 0 radical (unpaired) electrons. The zero-order chi connectivity index (χ0) is 13.9. The van der Waals surface area contributed by atoms with E-state index in [1.807, 2.05) is 0 Å². The van der Waals surface area contributed by atoms with Crippen LogP contribution in [-0.4, -0.2) is 24.0 Å². The fraction of sp³-hybridized carbons (Fsp3) is 0.667. The summed E-state index contributed by atoms with van der Waals surface area (Å²) in [7, 11) is 0. The molecule has 1 heterocycles. The van der Waals surface area contributed by atoms with Gasteiger partial charge in [0.25, 0.3) is 0 Å². The van der Waals surface area contributed by atoms with Crippen molar-refractivity contribution in [1.82, 2.24) is 10.2 Å². The molecule has 2 unspecified atom stereocenters. The molecular weight excluding hydrogens is 244 g/mol. The molecule has 1 aliphatic heterocycles. The van der Waals surface area contributed by atoms with Crippen molar-refractivity contribution in [3.8, 4) is 0 Å². The standard InChI is InChI=1S/C18H28N2/c1-14-9-15(2)12-20(11-14)13-17-5-3-16(4-6-17)10-19-18-7-8-18/h3-6,14-15,18-19H,7-13H2,1-2H3. The molecule has 0 amide bonds. The molecule has 3 rings (SSSR count). The molecule has 1 aromatic carbocycles. The molecule has 2 fully saturated rings. The van der Waals surface area contributed by atoms with Gasteiger partial charge in [-0.15, -0.1) is 0 Å². The van der Waals surface area contributed by atoms with E-state index < -0.39 is 0 Å². The van der Waals surface area contributed by atoms with Crippen LogP contribution in [0.3, 0.4) is 0 Å². The average molecular weight is 272 g/mol. The first-order valence-electron chi connectivity index (χ1n) is 8.22. The quantitative estimate of drug-likeness (QED) is 0.883. The number of piperidine rings is 1. The van der Waals surface area contributed by atoms with Gasteiger partial charge < -0.3 is 5.32 Å². The molecule has 20 heavy (non-hydrogen) atoms. The van der Waals surface area contributed by atoms with Gasteiger partial charge in [0.05, 0.1) is 0 Å². The number of nitrogens with zero attached hydrogens (tertiary/aromatic N) is 1. The molecule has 2 atom stereocenters. The SMILES string of the molecule is CC1CC(C)CN(Cc2ccc(CNC3CC3)cc2)C1. The molecule has 0 bridgehead atoms. The van der Waals surface area contributed by atoms with Crippen molar-refractivity contribution in [1.29, 1.82) is 0 Å². The van der Waals surface area contributed by atoms with Gasteiger partial charge in [-0.3, -0.25) is 4.90 Å². The molecule has 0 spiro atoms. The Balaban J connectivity index is 1.51. The molecule has 0 aromatic heterocycles. The third-order valence-electron chi connectivity index (χ3n) is 4.55. The van der Waals surface area contributed by atoms with E-state index in [0.29, 0.717) is 0 Å². The molecule has 2 aliphatic rings. The van der Waals surface area contributed by atoms with Gasteiger partial charge in [0.2, 0.25) is 0 Å². The topological polar surface area (TPSA) is 15.3 Å². The van der Waals surface area contributed by atoms with Crippen molar-refractivity contribution in [2.45, 2.75) is 52.2 Å². The Labute approximate surface area is 123 Å². The third-order valence-corrected chi connectivity index (χ3v) is 4.55. The van der Waals surface area contributed by atoms with Crippen molar-refractivity contribution in [2.24, 2.45) is 11.8 Å². The average Bonchev–Trinajstić information content (AvgIpc) is 3.21. The molecule has 1 saturated heterocycles. The number of nitrogens with one attached hydrogen (secondary N) is 1. The van der Waals surface area contributed by atoms with Crippen molar-refractivity contribution in [3.63, 3.8) is 0 Å². The molecule has 2 heteroatoms. The highest BCUT2D eigenvalue weighted by Crippen LogP contribution is 2.23. The van der Waals surface area contributed by atoms with E-state index in [4.69, 9.17) is 0 Å². The molecule has 1 aliphatic carbocycles. The van der Waals surface area contributed by atoms with Gasteiger partial charge in [0.1, 0.15) is 0 Å². The van der Waals surface area contributed by atoms with Gasteiger partial charge in [-0.05, 0) is 42.2 Å². The summed E-state index contributed by atoms with van der Waals surface area (Å²) in [5.74, 6) is 1.70. The van der Waals surface area contributed by atoms with Crippen LogP contribution < -0.4 is 5.32 Å². The fourth-order valence-electron chi connectivity index (χ4n) is 3.49. The summed E-state index contributed by atoms with van der Waals surface area (Å²) < 4.78 is 0. The van der Waals surface area contributed by atoms with E-state index in [9.17, 15) is 0 Å². The van der Waals surface area contributed by atoms with Gasteiger partial charge in [-0.1, -0.05) is 38.1 Å². The number of rotatable bonds is 5. The van der Waals surface area contributed by atoms with Crippen LogP contribution >= 0.6 is 0 Å². The lowest BCUT2D eigenvalue weighted by Gasteiger charge is -2.35. The second-order valence-electron chi connectivity index (χ2n) is 7.11. The highest BCUT2D eigenvalue weighted by atomic mass is 15.1. The zero-order valence-electron chi connectivity index (χ0n) is 12.9. The minimum absolute atomic E-state index is 0.797. The van der Waals surface area contributed by atoms with Crippen LogP contribution in [0, 0.1) is 11.8 Å². The van der Waals surface area contributed by atoms with E-state index >= 15 is 0 Å². The minimum Gasteiger partial charge on any atom is -0.310 e. The Morgan fingerprint density at radius 2 is 1.60 bits per heavy atom. The second-order valence-corrected chi connectivity index (χ2v) is 7.11. The summed E-state index contributed by atoms with van der Waals surface area (Å²) in [5.41, 5.74) is 2.88. The van der Waals surface area contributed by atoms with Crippen molar-refractivity contribution < 1.29 is 0 Å². The first-order valence-corrected chi connectivity index (χ1v) is 8.22. The maximum absolute atomic E-state index is 3.57. The summed E-state index contributed by atoms with van der Waals surface area (Å²) in [6, 6.07) is 10.0. The van der Waals surface area contributed by atoms with E-state index in [2.05, 4.69) is 48.3 Å². The highest BCUT2D eigenvalue weighted by molar-refractivity contribution is 5.22. The monoisotopic (exact) mass is 272 g/mol. The van der Waals surface area contributed by atoms with Gasteiger partial charge >= 0.3 is 0 Å². The van der Waals surface area contributed by atoms with Crippen molar-refractivity contribution in [2.75, 3.05) is 13.1 Å². The Kier molecular flexibility index (Phi) is 4.42. The molecule has 2 nitrogen and oxygen atoms in total. The van der Waals surface area contributed by atoms with Crippen LogP contribution in [0.1, 0.15) is 44.2 Å². The summed E-state index contributed by atoms with van der Waals surface area (Å²) in [6.07, 6.45) is 4.12. The van der Waals surface area contributed by atoms with Crippen LogP contribution in [0.15, 0.2) is 24.3 Å². The van der Waals surface area contributed by atoms with Crippen LogP contribution in [0.5, 0.6) is 0 Å². The maximum Gasteiger partial charge on any atom is 0.0233 e. The van der Waals surface area contributed by atoms with E-state index in [-0.39, 0.29) is 0 Å². The lowest BCUT2D eigenvalue weighted by Crippen LogP contribution is -2.38. The molecular formula is C18H28N2. The first-order chi connectivity index (χ1) is 9.69. The zero-order valence-corrected chi connectivity index (χ0v) is 12.9. The summed E-state index contributed by atoms with van der Waals surface area (Å²) in [5, 5.41) is 3.57. The third kappa shape index (κ3) is 4.07. The van der Waals surface area contributed by atoms with Gasteiger partial charge in [0, 0.05) is 32.2 Å². The minimum atomic E-state index is 0.797. The van der Waals surface area contributed by atoms with Gasteiger partial charge in [-0.2, -0.15) is 0 Å². The number of benzene rings is 1. The smallest absolute Gasteiger partial charge is 0.0233 e. The largest absolute Gasteiger partial charge is 0.310 e. The van der Waals surface area contributed by atoms with Crippen LogP contribution in [0.4, 0.5) is 0 Å². The predicted octanol–water partition coefficient (Wildman–Crippen LogP) is 3.42. The van der Waals surface area contributed by atoms with Crippen LogP contribution in [-0.2, 0) is 13.1 Å². The predicted molar refractivity (Wildman–Crippen MR) is 84.5 cm³/mol. The Morgan fingerprint density at radius 3 is 2.20 bits per heavy atom. The molecule has 1 N–H and O–H groups in total. The number of hydrogen-bond donors (Lipinski definition) is 1. The van der Waals surface area contributed by atoms with E-state index in [0.717, 1.165) is 31.0 Å². The van der Waals surface area contributed by atoms with Crippen LogP contribution in [0.2, 0.25) is 0 Å². The first kappa shape index (κ1) is 14.1. The summed E-state index contributed by atoms with van der Waals surface area (Å²) in [6.45, 7) is 9.43. The van der Waals surface area contributed by atoms with Crippen molar-refractivity contribution in [3.05, 3.63) is 35.4 Å². The second kappa shape index (κ2) is 6.28. The summed E-state index contributed by atoms with van der Waals surface area (Å²) >= 11 is 0. The van der Waals surface area contributed by atoms with Crippen LogP contribution in [0.25, 0.3) is 0 Å². The van der Waals surface area contributed by atoms with E-state index in [1.165, 1.54) is 43.5 Å². The Morgan fingerprint density at radius 1 is 1.00 bits per heavy atom. The molecule has 1 saturated carbocycles. The van der Waals surface area contributed by atoms with E-state index in [1.54, 1.807) is 0 Å². The molecule has 1 aromatic rings. The maximum atomic E-state index is 3.57. The summed E-state index contributed by atoms with van der Waals surface area (Å²) in [4.78, 5) is 2.62. The van der Waals surface area contributed by atoms with Crippen molar-refractivity contribution >= 4 is 0 Å².